The molecule has 0 atom stereocenters. The normalized spacial score (nSPS) is 9.90. The van der Waals surface area contributed by atoms with Crippen molar-refractivity contribution in [3.8, 4) is 17.6 Å². The lowest BCUT2D eigenvalue weighted by atomic mass is 10.2. The Kier molecular flexibility index (Phi) is 5.15. The van der Waals surface area contributed by atoms with Gasteiger partial charge < -0.3 is 9.84 Å². The molecule has 1 N–H and O–H groups in total. The fourth-order valence-electron chi connectivity index (χ4n) is 1.59. The van der Waals surface area contributed by atoms with Crippen molar-refractivity contribution in [1.82, 2.24) is 9.78 Å². The lowest BCUT2D eigenvalue weighted by Gasteiger charge is -2.07. The van der Waals surface area contributed by atoms with E-state index in [2.05, 4.69) is 16.9 Å². The van der Waals surface area contributed by atoms with E-state index in [1.807, 2.05) is 12.3 Å². The van der Waals surface area contributed by atoms with E-state index in [0.29, 0.717) is 30.9 Å². The Morgan fingerprint density at radius 3 is 3.00 bits per heavy atom. The molecule has 2 aromatic rings. The molecule has 2 rings (SSSR count). The van der Waals surface area contributed by atoms with E-state index in [-0.39, 0.29) is 6.61 Å². The van der Waals surface area contributed by atoms with Crippen molar-refractivity contribution in [1.29, 1.82) is 0 Å². The van der Waals surface area contributed by atoms with E-state index < -0.39 is 5.82 Å². The van der Waals surface area contributed by atoms with Crippen molar-refractivity contribution in [2.24, 2.45) is 0 Å². The molecule has 0 aliphatic carbocycles. The zero-order valence-electron chi connectivity index (χ0n) is 10.9. The highest BCUT2D eigenvalue weighted by molar-refractivity contribution is 5.39. The van der Waals surface area contributed by atoms with Crippen LogP contribution in [0.2, 0.25) is 0 Å². The van der Waals surface area contributed by atoms with Gasteiger partial charge in [0.25, 0.3) is 0 Å². The molecule has 1 aromatic heterocycles. The number of aromatic nitrogens is 2. The van der Waals surface area contributed by atoms with E-state index in [9.17, 15) is 4.39 Å². The molecular formula is C15H15FN2O2. The number of rotatable bonds is 5. The molecule has 1 heterocycles. The Labute approximate surface area is 116 Å². The maximum Gasteiger partial charge on any atom is 0.142 e. The van der Waals surface area contributed by atoms with Crippen molar-refractivity contribution in [3.63, 3.8) is 0 Å². The first-order valence-electron chi connectivity index (χ1n) is 6.29. The van der Waals surface area contributed by atoms with Crippen LogP contribution in [0.3, 0.4) is 0 Å². The highest BCUT2D eigenvalue weighted by Gasteiger charge is 2.02. The van der Waals surface area contributed by atoms with Crippen LogP contribution in [0.1, 0.15) is 12.0 Å². The van der Waals surface area contributed by atoms with Crippen molar-refractivity contribution in [2.45, 2.75) is 13.0 Å². The molecule has 20 heavy (non-hydrogen) atoms. The maximum atomic E-state index is 13.7. The van der Waals surface area contributed by atoms with Crippen LogP contribution >= 0.6 is 0 Å². The minimum absolute atomic E-state index is 0.0246. The van der Waals surface area contributed by atoms with Crippen LogP contribution in [0, 0.1) is 17.7 Å². The first kappa shape index (κ1) is 14.1. The summed E-state index contributed by atoms with van der Waals surface area (Å²) in [5, 5.41) is 12.7. The zero-order chi connectivity index (χ0) is 14.2. The predicted molar refractivity (Wildman–Crippen MR) is 72.7 cm³/mol. The molecule has 0 spiro atoms. The first-order chi connectivity index (χ1) is 9.79. The molecule has 0 amide bonds. The maximum absolute atomic E-state index is 13.7. The van der Waals surface area contributed by atoms with Gasteiger partial charge in [-0.3, -0.25) is 4.68 Å². The van der Waals surface area contributed by atoms with Gasteiger partial charge in [0.1, 0.15) is 18.2 Å². The first-order valence-corrected chi connectivity index (χ1v) is 6.29. The average molecular weight is 274 g/mol. The number of ether oxygens (including phenoxy) is 1. The van der Waals surface area contributed by atoms with Crippen LogP contribution in [-0.4, -0.2) is 28.1 Å². The quantitative estimate of drug-likeness (QED) is 0.846. The van der Waals surface area contributed by atoms with Gasteiger partial charge in [-0.15, -0.1) is 0 Å². The number of aliphatic hydroxyl groups is 1. The van der Waals surface area contributed by atoms with Crippen LogP contribution in [0.4, 0.5) is 4.39 Å². The van der Waals surface area contributed by atoms with Gasteiger partial charge in [-0.05, 0) is 18.2 Å². The van der Waals surface area contributed by atoms with Crippen LogP contribution in [-0.2, 0) is 6.54 Å². The summed E-state index contributed by atoms with van der Waals surface area (Å²) in [6.45, 7) is 0.993. The highest BCUT2D eigenvalue weighted by Crippen LogP contribution is 2.16. The monoisotopic (exact) mass is 274 g/mol. The Balaban J connectivity index is 1.90. The number of hydrogen-bond donors (Lipinski definition) is 1. The molecule has 0 radical (unpaired) electrons. The molecular weight excluding hydrogens is 259 g/mol. The van der Waals surface area contributed by atoms with Gasteiger partial charge >= 0.3 is 0 Å². The largest absolute Gasteiger partial charge is 0.492 e. The second kappa shape index (κ2) is 7.31. The number of aliphatic hydroxyl groups excluding tert-OH is 1. The SMILES string of the molecule is OCCC#Cc1ccc(OCCn2cccn2)cc1F. The topological polar surface area (TPSA) is 47.3 Å². The van der Waals surface area contributed by atoms with Gasteiger partial charge in [-0.2, -0.15) is 5.10 Å². The highest BCUT2D eigenvalue weighted by atomic mass is 19.1. The second-order valence-electron chi connectivity index (χ2n) is 4.03. The van der Waals surface area contributed by atoms with Gasteiger partial charge in [-0.25, -0.2) is 4.39 Å². The minimum atomic E-state index is -0.424. The summed E-state index contributed by atoms with van der Waals surface area (Å²) >= 11 is 0. The third kappa shape index (κ3) is 4.11. The zero-order valence-corrected chi connectivity index (χ0v) is 10.9. The fraction of sp³-hybridized carbons (Fsp3) is 0.267. The summed E-state index contributed by atoms with van der Waals surface area (Å²) in [5.41, 5.74) is 0.304. The summed E-state index contributed by atoms with van der Waals surface area (Å²) in [5.74, 6) is 5.38. The van der Waals surface area contributed by atoms with Gasteiger partial charge in [0.15, 0.2) is 0 Å². The molecule has 0 bridgehead atoms. The van der Waals surface area contributed by atoms with Gasteiger partial charge in [0, 0.05) is 24.9 Å². The molecule has 0 aliphatic heterocycles. The standard InChI is InChI=1S/C15H15FN2O2/c16-15-12-14(6-5-13(15)4-1-2-10-19)20-11-9-18-8-3-7-17-18/h3,5-8,12,19H,2,9-11H2. The van der Waals surface area contributed by atoms with E-state index in [1.165, 1.54) is 6.07 Å². The van der Waals surface area contributed by atoms with Crippen molar-refractivity contribution in [3.05, 3.63) is 48.0 Å². The van der Waals surface area contributed by atoms with Gasteiger partial charge in [0.05, 0.1) is 18.7 Å². The second-order valence-corrected chi connectivity index (χ2v) is 4.03. The predicted octanol–water partition coefficient (Wildman–Crippen LogP) is 1.84. The lowest BCUT2D eigenvalue weighted by Crippen LogP contribution is -2.08. The Morgan fingerprint density at radius 1 is 1.40 bits per heavy atom. The molecule has 0 saturated carbocycles. The summed E-state index contributed by atoms with van der Waals surface area (Å²) < 4.78 is 20.9. The Hall–Kier alpha value is -2.32. The minimum Gasteiger partial charge on any atom is -0.492 e. The Bertz CT molecular complexity index is 600. The van der Waals surface area contributed by atoms with Crippen LogP contribution in [0.25, 0.3) is 0 Å². The summed E-state index contributed by atoms with van der Waals surface area (Å²) in [6.07, 6.45) is 3.87. The van der Waals surface area contributed by atoms with Crippen LogP contribution in [0.15, 0.2) is 36.7 Å². The van der Waals surface area contributed by atoms with Gasteiger partial charge in [-0.1, -0.05) is 11.8 Å². The van der Waals surface area contributed by atoms with E-state index in [0.717, 1.165) is 0 Å². The van der Waals surface area contributed by atoms with Crippen molar-refractivity contribution < 1.29 is 14.2 Å². The molecule has 0 unspecified atom stereocenters. The van der Waals surface area contributed by atoms with Crippen LogP contribution < -0.4 is 4.74 Å². The molecule has 4 nitrogen and oxygen atoms in total. The van der Waals surface area contributed by atoms with E-state index in [1.54, 1.807) is 23.0 Å². The molecule has 0 saturated heterocycles. The third-order valence-electron chi connectivity index (χ3n) is 2.55. The fourth-order valence-corrected chi connectivity index (χ4v) is 1.59. The molecule has 0 aliphatic rings. The van der Waals surface area contributed by atoms with Gasteiger partial charge in [0.2, 0.25) is 0 Å². The van der Waals surface area contributed by atoms with Crippen molar-refractivity contribution >= 4 is 0 Å². The lowest BCUT2D eigenvalue weighted by molar-refractivity contribution is 0.290. The smallest absolute Gasteiger partial charge is 0.142 e. The molecule has 104 valence electrons. The van der Waals surface area contributed by atoms with Crippen LogP contribution in [0.5, 0.6) is 5.75 Å². The van der Waals surface area contributed by atoms with Crippen molar-refractivity contribution in [2.75, 3.05) is 13.2 Å². The summed E-state index contributed by atoms with van der Waals surface area (Å²) in [4.78, 5) is 0. The number of hydrogen-bond acceptors (Lipinski definition) is 3. The number of halogens is 1. The molecule has 5 heteroatoms. The molecule has 1 aromatic carbocycles. The summed E-state index contributed by atoms with van der Waals surface area (Å²) in [7, 11) is 0. The average Bonchev–Trinajstić information content (AvgIpc) is 2.95. The number of nitrogens with zero attached hydrogens (tertiary/aromatic N) is 2. The summed E-state index contributed by atoms with van der Waals surface area (Å²) in [6, 6.07) is 6.39. The molecule has 0 fully saturated rings. The third-order valence-corrected chi connectivity index (χ3v) is 2.55. The van der Waals surface area contributed by atoms with E-state index >= 15 is 0 Å². The van der Waals surface area contributed by atoms with E-state index in [4.69, 9.17) is 9.84 Å². The Morgan fingerprint density at radius 2 is 2.30 bits per heavy atom. The number of benzene rings is 1.